The van der Waals surface area contributed by atoms with Gasteiger partial charge in [0.25, 0.3) is 5.91 Å². The lowest BCUT2D eigenvalue weighted by molar-refractivity contribution is -0.00472. The van der Waals surface area contributed by atoms with Gasteiger partial charge in [0.2, 0.25) is 0 Å². The number of amides is 1. The standard InChI is InChI=1S/C15H18N2O3/c1-11-12(5-8-20-11)15(18)17-7-9-19-10-14(17)13-4-3-6-16(13)2/h3-6,8,14H,7,9-10H2,1-2H3. The molecule has 3 rings (SSSR count). The maximum absolute atomic E-state index is 12.7. The Morgan fingerprint density at radius 1 is 1.40 bits per heavy atom. The third-order valence-electron chi connectivity index (χ3n) is 3.80. The second-order valence-electron chi connectivity index (χ2n) is 5.02. The van der Waals surface area contributed by atoms with Crippen molar-refractivity contribution in [3.8, 4) is 0 Å². The summed E-state index contributed by atoms with van der Waals surface area (Å²) in [6.45, 7) is 3.51. The van der Waals surface area contributed by atoms with Gasteiger partial charge in [-0.3, -0.25) is 4.79 Å². The average Bonchev–Trinajstić information content (AvgIpc) is 3.06. The first-order chi connectivity index (χ1) is 9.68. The van der Waals surface area contributed by atoms with Crippen LogP contribution in [0.5, 0.6) is 0 Å². The topological polar surface area (TPSA) is 47.6 Å². The number of aromatic nitrogens is 1. The molecule has 1 amide bonds. The van der Waals surface area contributed by atoms with Crippen LogP contribution in [0.25, 0.3) is 0 Å². The van der Waals surface area contributed by atoms with Crippen LogP contribution in [0.2, 0.25) is 0 Å². The third-order valence-corrected chi connectivity index (χ3v) is 3.80. The largest absolute Gasteiger partial charge is 0.469 e. The van der Waals surface area contributed by atoms with Crippen molar-refractivity contribution in [2.75, 3.05) is 19.8 Å². The summed E-state index contributed by atoms with van der Waals surface area (Å²) in [6.07, 6.45) is 3.54. The Hall–Kier alpha value is -2.01. The van der Waals surface area contributed by atoms with E-state index >= 15 is 0 Å². The van der Waals surface area contributed by atoms with Crippen LogP contribution in [-0.2, 0) is 11.8 Å². The van der Waals surface area contributed by atoms with Gasteiger partial charge in [0.15, 0.2) is 0 Å². The lowest BCUT2D eigenvalue weighted by Crippen LogP contribution is -2.44. The molecule has 0 aliphatic carbocycles. The van der Waals surface area contributed by atoms with Crippen molar-refractivity contribution < 1.29 is 13.9 Å². The minimum atomic E-state index is -0.0504. The molecule has 1 aliphatic rings. The van der Waals surface area contributed by atoms with E-state index in [-0.39, 0.29) is 11.9 Å². The fraction of sp³-hybridized carbons (Fsp3) is 0.400. The molecule has 2 aromatic heterocycles. The molecule has 2 aromatic rings. The second kappa shape index (κ2) is 5.17. The molecule has 1 fully saturated rings. The lowest BCUT2D eigenvalue weighted by atomic mass is 10.1. The van der Waals surface area contributed by atoms with Crippen molar-refractivity contribution >= 4 is 5.91 Å². The number of morpholine rings is 1. The number of furan rings is 1. The van der Waals surface area contributed by atoms with E-state index in [9.17, 15) is 4.79 Å². The number of hydrogen-bond acceptors (Lipinski definition) is 3. The molecule has 106 valence electrons. The van der Waals surface area contributed by atoms with Gasteiger partial charge in [0.05, 0.1) is 31.1 Å². The summed E-state index contributed by atoms with van der Waals surface area (Å²) in [5.74, 6) is 0.665. The summed E-state index contributed by atoms with van der Waals surface area (Å²) >= 11 is 0. The van der Waals surface area contributed by atoms with Crippen LogP contribution < -0.4 is 0 Å². The molecule has 1 aliphatic heterocycles. The SMILES string of the molecule is Cc1occc1C(=O)N1CCOCC1c1cccn1C. The Morgan fingerprint density at radius 2 is 2.25 bits per heavy atom. The first kappa shape index (κ1) is 13.0. The van der Waals surface area contributed by atoms with Crippen LogP contribution in [0.3, 0.4) is 0 Å². The minimum Gasteiger partial charge on any atom is -0.469 e. The van der Waals surface area contributed by atoms with Crippen molar-refractivity contribution in [2.24, 2.45) is 7.05 Å². The van der Waals surface area contributed by atoms with Gasteiger partial charge < -0.3 is 18.6 Å². The molecule has 3 heterocycles. The van der Waals surface area contributed by atoms with Crippen LogP contribution in [-0.4, -0.2) is 35.1 Å². The van der Waals surface area contributed by atoms with E-state index < -0.39 is 0 Å². The van der Waals surface area contributed by atoms with E-state index in [2.05, 4.69) is 0 Å². The maximum atomic E-state index is 12.7. The summed E-state index contributed by atoms with van der Waals surface area (Å²) in [4.78, 5) is 14.6. The van der Waals surface area contributed by atoms with Crippen LogP contribution in [0, 0.1) is 6.92 Å². The van der Waals surface area contributed by atoms with Gasteiger partial charge in [0.1, 0.15) is 5.76 Å². The van der Waals surface area contributed by atoms with Crippen molar-refractivity contribution in [1.29, 1.82) is 0 Å². The van der Waals surface area contributed by atoms with Gasteiger partial charge >= 0.3 is 0 Å². The molecule has 0 aromatic carbocycles. The molecule has 0 spiro atoms. The fourth-order valence-electron chi connectivity index (χ4n) is 2.67. The molecule has 20 heavy (non-hydrogen) atoms. The Balaban J connectivity index is 1.92. The van der Waals surface area contributed by atoms with Crippen LogP contribution >= 0.6 is 0 Å². The number of hydrogen-bond donors (Lipinski definition) is 0. The fourth-order valence-corrected chi connectivity index (χ4v) is 2.67. The van der Waals surface area contributed by atoms with E-state index in [0.717, 1.165) is 5.69 Å². The Labute approximate surface area is 117 Å². The summed E-state index contributed by atoms with van der Waals surface area (Å²) < 4.78 is 12.8. The molecule has 0 bridgehead atoms. The Kier molecular flexibility index (Phi) is 3.36. The van der Waals surface area contributed by atoms with Crippen molar-refractivity contribution in [2.45, 2.75) is 13.0 Å². The van der Waals surface area contributed by atoms with Gasteiger partial charge in [-0.25, -0.2) is 0 Å². The highest BCUT2D eigenvalue weighted by molar-refractivity contribution is 5.95. The number of carbonyl (C=O) groups is 1. The number of ether oxygens (including phenoxy) is 1. The first-order valence-corrected chi connectivity index (χ1v) is 6.72. The van der Waals surface area contributed by atoms with Crippen LogP contribution in [0.15, 0.2) is 35.1 Å². The molecule has 5 nitrogen and oxygen atoms in total. The minimum absolute atomic E-state index is 0.00532. The number of nitrogens with zero attached hydrogens (tertiary/aromatic N) is 2. The van der Waals surface area contributed by atoms with Gasteiger partial charge in [-0.2, -0.15) is 0 Å². The molecule has 1 saturated heterocycles. The number of carbonyl (C=O) groups excluding carboxylic acids is 1. The smallest absolute Gasteiger partial charge is 0.258 e. The quantitative estimate of drug-likeness (QED) is 0.843. The van der Waals surface area contributed by atoms with Gasteiger partial charge in [0, 0.05) is 25.5 Å². The number of aryl methyl sites for hydroxylation is 2. The summed E-state index contributed by atoms with van der Waals surface area (Å²) in [5.41, 5.74) is 1.71. The van der Waals surface area contributed by atoms with E-state index in [1.54, 1.807) is 12.3 Å². The van der Waals surface area contributed by atoms with Gasteiger partial charge in [-0.05, 0) is 25.1 Å². The molecule has 0 radical (unpaired) electrons. The normalized spacial score (nSPS) is 19.3. The summed E-state index contributed by atoms with van der Waals surface area (Å²) in [5, 5.41) is 0. The van der Waals surface area contributed by atoms with Crippen LogP contribution in [0.4, 0.5) is 0 Å². The highest BCUT2D eigenvalue weighted by atomic mass is 16.5. The predicted octanol–water partition coefficient (Wildman–Crippen LogP) is 2.14. The molecule has 0 saturated carbocycles. The Bertz CT molecular complexity index is 614. The highest BCUT2D eigenvalue weighted by Gasteiger charge is 2.31. The second-order valence-corrected chi connectivity index (χ2v) is 5.02. The molecule has 1 atom stereocenters. The van der Waals surface area contributed by atoms with Gasteiger partial charge in [-0.15, -0.1) is 0 Å². The van der Waals surface area contributed by atoms with E-state index in [1.165, 1.54) is 0 Å². The predicted molar refractivity (Wildman–Crippen MR) is 73.5 cm³/mol. The Morgan fingerprint density at radius 3 is 2.90 bits per heavy atom. The maximum Gasteiger partial charge on any atom is 0.258 e. The zero-order valence-electron chi connectivity index (χ0n) is 11.7. The van der Waals surface area contributed by atoms with Crippen molar-refractivity contribution in [3.05, 3.63) is 47.7 Å². The third kappa shape index (κ3) is 2.14. The zero-order valence-corrected chi connectivity index (χ0v) is 11.7. The van der Waals surface area contributed by atoms with E-state index in [4.69, 9.17) is 9.15 Å². The molecule has 1 unspecified atom stereocenters. The van der Waals surface area contributed by atoms with Gasteiger partial charge in [-0.1, -0.05) is 0 Å². The summed E-state index contributed by atoms with van der Waals surface area (Å²) in [7, 11) is 1.98. The van der Waals surface area contributed by atoms with Crippen molar-refractivity contribution in [3.63, 3.8) is 0 Å². The number of rotatable bonds is 2. The monoisotopic (exact) mass is 274 g/mol. The lowest BCUT2D eigenvalue weighted by Gasteiger charge is -2.35. The van der Waals surface area contributed by atoms with Crippen molar-refractivity contribution in [1.82, 2.24) is 9.47 Å². The molecular formula is C15H18N2O3. The average molecular weight is 274 g/mol. The zero-order chi connectivity index (χ0) is 14.1. The molecular weight excluding hydrogens is 256 g/mol. The molecule has 5 heteroatoms. The molecule has 0 N–H and O–H groups in total. The highest BCUT2D eigenvalue weighted by Crippen LogP contribution is 2.27. The first-order valence-electron chi connectivity index (χ1n) is 6.72. The van der Waals surface area contributed by atoms with E-state index in [1.807, 2.05) is 41.8 Å². The van der Waals surface area contributed by atoms with Crippen LogP contribution in [0.1, 0.15) is 27.9 Å². The van der Waals surface area contributed by atoms with E-state index in [0.29, 0.717) is 31.1 Å². The summed E-state index contributed by atoms with van der Waals surface area (Å²) in [6, 6.07) is 5.69.